The molecule has 29 heavy (non-hydrogen) atoms. The van der Waals surface area contributed by atoms with Crippen LogP contribution in [0.4, 0.5) is 8.78 Å². The third-order valence-corrected chi connectivity index (χ3v) is 4.05. The van der Waals surface area contributed by atoms with Gasteiger partial charge in [0.1, 0.15) is 5.75 Å². The molecule has 1 amide bonds. The zero-order chi connectivity index (χ0) is 20.6. The van der Waals surface area contributed by atoms with E-state index in [0.29, 0.717) is 18.5 Å². The molecular weight excluding hydrogens is 382 g/mol. The molecule has 8 heteroatoms. The van der Waals surface area contributed by atoms with Crippen molar-refractivity contribution in [3.63, 3.8) is 0 Å². The van der Waals surface area contributed by atoms with E-state index >= 15 is 0 Å². The summed E-state index contributed by atoms with van der Waals surface area (Å²) in [4.78, 5) is 24.0. The van der Waals surface area contributed by atoms with E-state index in [4.69, 9.17) is 4.74 Å². The average Bonchev–Trinajstić information content (AvgIpc) is 3.22. The number of amides is 1. The molecule has 2 aromatic carbocycles. The fourth-order valence-corrected chi connectivity index (χ4v) is 2.65. The highest BCUT2D eigenvalue weighted by Crippen LogP contribution is 2.16. The van der Waals surface area contributed by atoms with Crippen molar-refractivity contribution in [3.8, 4) is 5.75 Å². The minimum absolute atomic E-state index is 0.0198. The third-order valence-electron chi connectivity index (χ3n) is 4.05. The quantitative estimate of drug-likeness (QED) is 0.527. The second-order valence-electron chi connectivity index (χ2n) is 6.07. The lowest BCUT2D eigenvalue weighted by Crippen LogP contribution is -2.28. The minimum atomic E-state index is -2.90. The molecule has 2 aromatic rings. The molecular formula is C21H18F2N2O4. The summed E-state index contributed by atoms with van der Waals surface area (Å²) in [5.74, 6) is -1.09. The van der Waals surface area contributed by atoms with E-state index < -0.39 is 25.1 Å². The smallest absolute Gasteiger partial charge is 0.387 e. The van der Waals surface area contributed by atoms with Crippen LogP contribution < -0.4 is 4.74 Å². The molecule has 1 aliphatic heterocycles. The average molecular weight is 400 g/mol. The molecule has 0 atom stereocenters. The molecule has 0 saturated heterocycles. The van der Waals surface area contributed by atoms with Gasteiger partial charge in [-0.25, -0.2) is 9.80 Å². The van der Waals surface area contributed by atoms with Crippen LogP contribution >= 0.6 is 0 Å². The number of hydrazone groups is 1. The molecule has 0 aromatic heterocycles. The Morgan fingerprint density at radius 2 is 1.83 bits per heavy atom. The number of nitrogens with zero attached hydrogens (tertiary/aromatic N) is 2. The summed E-state index contributed by atoms with van der Waals surface area (Å²) in [5, 5.41) is 5.58. The van der Waals surface area contributed by atoms with Crippen LogP contribution in [0, 0.1) is 0 Å². The SMILES string of the molecule is O=C(/C=C/c1ccc(OC(F)F)cc1)OCC(=O)N1CCC(c2ccccc2)=N1. The van der Waals surface area contributed by atoms with Crippen molar-refractivity contribution < 1.29 is 27.8 Å². The number of halogens is 2. The Morgan fingerprint density at radius 3 is 2.52 bits per heavy atom. The lowest BCUT2D eigenvalue weighted by molar-refractivity contribution is -0.147. The molecule has 1 aliphatic rings. The molecule has 3 rings (SSSR count). The molecule has 0 saturated carbocycles. The topological polar surface area (TPSA) is 68.2 Å². The normalized spacial score (nSPS) is 13.6. The zero-order valence-electron chi connectivity index (χ0n) is 15.3. The number of rotatable bonds is 7. The standard InChI is InChI=1S/C21H18F2N2O4/c22-21(23)29-17-9-6-15(7-10-17)8-11-20(27)28-14-19(26)25-13-12-18(24-25)16-4-2-1-3-5-16/h1-11,21H,12-14H2/b11-8+. The predicted molar refractivity (Wildman–Crippen MR) is 102 cm³/mol. The second-order valence-corrected chi connectivity index (χ2v) is 6.07. The van der Waals surface area contributed by atoms with Gasteiger partial charge in [-0.1, -0.05) is 42.5 Å². The van der Waals surface area contributed by atoms with Gasteiger partial charge in [-0.2, -0.15) is 13.9 Å². The molecule has 0 radical (unpaired) electrons. The summed E-state index contributed by atoms with van der Waals surface area (Å²) in [6.07, 6.45) is 3.23. The van der Waals surface area contributed by atoms with Crippen molar-refractivity contribution in [2.75, 3.05) is 13.2 Å². The largest absolute Gasteiger partial charge is 0.452 e. The number of hydrogen-bond donors (Lipinski definition) is 0. The van der Waals surface area contributed by atoms with E-state index in [1.807, 2.05) is 30.3 Å². The van der Waals surface area contributed by atoms with Crippen LogP contribution in [0.15, 0.2) is 65.8 Å². The van der Waals surface area contributed by atoms with Crippen molar-refractivity contribution in [2.45, 2.75) is 13.0 Å². The van der Waals surface area contributed by atoms with Gasteiger partial charge >= 0.3 is 12.6 Å². The monoisotopic (exact) mass is 400 g/mol. The van der Waals surface area contributed by atoms with Crippen LogP contribution in [0.2, 0.25) is 0 Å². The molecule has 0 N–H and O–H groups in total. The highest BCUT2D eigenvalue weighted by molar-refractivity contribution is 6.02. The maximum atomic E-state index is 12.2. The van der Waals surface area contributed by atoms with Crippen molar-refractivity contribution in [1.82, 2.24) is 5.01 Å². The van der Waals surface area contributed by atoms with E-state index in [2.05, 4.69) is 9.84 Å². The van der Waals surface area contributed by atoms with Gasteiger partial charge in [-0.05, 0) is 29.3 Å². The molecule has 6 nitrogen and oxygen atoms in total. The number of ether oxygens (including phenoxy) is 2. The highest BCUT2D eigenvalue weighted by Gasteiger charge is 2.22. The Kier molecular flexibility index (Phi) is 6.67. The predicted octanol–water partition coefficient (Wildman–Crippen LogP) is 3.48. The van der Waals surface area contributed by atoms with Gasteiger partial charge in [0, 0.05) is 12.5 Å². The van der Waals surface area contributed by atoms with Gasteiger partial charge in [0.2, 0.25) is 0 Å². The van der Waals surface area contributed by atoms with Gasteiger partial charge in [-0.3, -0.25) is 4.79 Å². The van der Waals surface area contributed by atoms with Gasteiger partial charge in [-0.15, -0.1) is 0 Å². The lowest BCUT2D eigenvalue weighted by Gasteiger charge is -2.10. The summed E-state index contributed by atoms with van der Waals surface area (Å²) in [6.45, 7) is -2.88. The van der Waals surface area contributed by atoms with Gasteiger partial charge in [0.25, 0.3) is 5.91 Å². The van der Waals surface area contributed by atoms with E-state index in [9.17, 15) is 18.4 Å². The molecule has 1 heterocycles. The van der Waals surface area contributed by atoms with Crippen molar-refractivity contribution in [3.05, 3.63) is 71.8 Å². The maximum Gasteiger partial charge on any atom is 0.387 e. The first-order valence-electron chi connectivity index (χ1n) is 8.84. The Hall–Kier alpha value is -3.55. The van der Waals surface area contributed by atoms with Crippen LogP contribution in [0.5, 0.6) is 5.75 Å². The molecule has 0 spiro atoms. The number of hydrogen-bond acceptors (Lipinski definition) is 5. The first kappa shape index (κ1) is 20.2. The summed E-state index contributed by atoms with van der Waals surface area (Å²) >= 11 is 0. The Bertz CT molecular complexity index is 912. The Morgan fingerprint density at radius 1 is 1.10 bits per heavy atom. The maximum absolute atomic E-state index is 12.2. The Balaban J connectivity index is 1.47. The van der Waals surface area contributed by atoms with E-state index in [1.165, 1.54) is 35.4 Å². The van der Waals surface area contributed by atoms with Gasteiger partial charge in [0.05, 0.1) is 12.3 Å². The Labute approximate surface area is 166 Å². The minimum Gasteiger partial charge on any atom is -0.452 e. The number of carbonyl (C=O) groups excluding carboxylic acids is 2. The summed E-state index contributed by atoms with van der Waals surface area (Å²) in [7, 11) is 0. The van der Waals surface area contributed by atoms with Crippen molar-refractivity contribution in [1.29, 1.82) is 0 Å². The van der Waals surface area contributed by atoms with Crippen LogP contribution in [0.3, 0.4) is 0 Å². The van der Waals surface area contributed by atoms with E-state index in [-0.39, 0.29) is 5.75 Å². The summed E-state index contributed by atoms with van der Waals surface area (Å²) in [6, 6.07) is 15.3. The highest BCUT2D eigenvalue weighted by atomic mass is 19.3. The fourth-order valence-electron chi connectivity index (χ4n) is 2.65. The number of esters is 1. The number of benzene rings is 2. The van der Waals surface area contributed by atoms with E-state index in [0.717, 1.165) is 17.4 Å². The van der Waals surface area contributed by atoms with Crippen LogP contribution in [0.25, 0.3) is 6.08 Å². The summed E-state index contributed by atoms with van der Waals surface area (Å²) < 4.78 is 33.4. The molecule has 0 bridgehead atoms. The fraction of sp³-hybridized carbons (Fsp3) is 0.190. The second kappa shape index (κ2) is 9.59. The molecule has 0 fully saturated rings. The summed E-state index contributed by atoms with van der Waals surface area (Å²) in [5.41, 5.74) is 2.35. The molecule has 0 aliphatic carbocycles. The lowest BCUT2D eigenvalue weighted by atomic mass is 10.1. The van der Waals surface area contributed by atoms with Crippen LogP contribution in [-0.2, 0) is 14.3 Å². The van der Waals surface area contributed by atoms with E-state index in [1.54, 1.807) is 0 Å². The van der Waals surface area contributed by atoms with Crippen LogP contribution in [0.1, 0.15) is 17.5 Å². The van der Waals surface area contributed by atoms with Crippen molar-refractivity contribution >= 4 is 23.7 Å². The van der Waals surface area contributed by atoms with Gasteiger partial charge < -0.3 is 9.47 Å². The first-order chi connectivity index (χ1) is 14.0. The molecule has 150 valence electrons. The number of carbonyl (C=O) groups is 2. The van der Waals surface area contributed by atoms with Crippen LogP contribution in [-0.4, -0.2) is 42.4 Å². The zero-order valence-corrected chi connectivity index (χ0v) is 15.3. The third kappa shape index (κ3) is 5.97. The first-order valence-corrected chi connectivity index (χ1v) is 8.84. The molecule has 0 unspecified atom stereocenters. The number of alkyl halides is 2. The van der Waals surface area contributed by atoms with Gasteiger partial charge in [0.15, 0.2) is 6.61 Å². The van der Waals surface area contributed by atoms with Crippen molar-refractivity contribution in [2.24, 2.45) is 5.10 Å².